The van der Waals surface area contributed by atoms with Crippen molar-refractivity contribution in [2.45, 2.75) is 155 Å². The second-order valence-electron chi connectivity index (χ2n) is 10.4. The summed E-state index contributed by atoms with van der Waals surface area (Å²) < 4.78 is 24.3. The summed E-state index contributed by atoms with van der Waals surface area (Å²) in [5.41, 5.74) is 0. The number of hydrogen-bond acceptors (Lipinski definition) is 5. The summed E-state index contributed by atoms with van der Waals surface area (Å²) in [5, 5.41) is 8.60. The lowest BCUT2D eigenvalue weighted by molar-refractivity contribution is -0.137. The van der Waals surface area contributed by atoms with E-state index in [1.54, 1.807) is 0 Å². The van der Waals surface area contributed by atoms with Crippen molar-refractivity contribution < 1.29 is 27.9 Å². The number of sulfone groups is 1. The molecule has 0 rings (SSSR count). The van der Waals surface area contributed by atoms with Gasteiger partial charge in [-0.25, -0.2) is 8.42 Å². The molecule has 0 spiro atoms. The van der Waals surface area contributed by atoms with Gasteiger partial charge in [0.1, 0.15) is 17.3 Å². The molecule has 1 N–H and O–H groups in total. The molecule has 212 valence electrons. The van der Waals surface area contributed by atoms with Crippen LogP contribution in [0.15, 0.2) is 0 Å². The highest BCUT2D eigenvalue weighted by molar-refractivity contribution is 7.92. The molecular formula is C29H54O6S. The zero-order chi connectivity index (χ0) is 26.9. The summed E-state index contributed by atoms with van der Waals surface area (Å²) in [7, 11) is -3.33. The number of rotatable bonds is 28. The smallest absolute Gasteiger partial charge is 0.303 e. The van der Waals surface area contributed by atoms with Crippen LogP contribution >= 0.6 is 0 Å². The quantitative estimate of drug-likeness (QED) is 0.104. The summed E-state index contributed by atoms with van der Waals surface area (Å²) in [4.78, 5) is 34.1. The van der Waals surface area contributed by atoms with Crippen LogP contribution in [0.5, 0.6) is 0 Å². The third kappa shape index (κ3) is 25.8. The second-order valence-corrected chi connectivity index (χ2v) is 12.6. The van der Waals surface area contributed by atoms with Crippen molar-refractivity contribution >= 4 is 27.4 Å². The second kappa shape index (κ2) is 24.1. The average Bonchev–Trinajstić information content (AvgIpc) is 2.81. The van der Waals surface area contributed by atoms with Gasteiger partial charge in [0.25, 0.3) is 0 Å². The Hall–Kier alpha value is -1.24. The first-order chi connectivity index (χ1) is 17.3. The predicted octanol–water partition coefficient (Wildman–Crippen LogP) is 7.62. The lowest BCUT2D eigenvalue weighted by atomic mass is 10.0. The highest BCUT2D eigenvalue weighted by atomic mass is 32.2. The van der Waals surface area contributed by atoms with Gasteiger partial charge in [-0.05, 0) is 32.1 Å². The fourth-order valence-electron chi connectivity index (χ4n) is 4.43. The van der Waals surface area contributed by atoms with Crippen LogP contribution in [0.4, 0.5) is 0 Å². The molecule has 0 aliphatic carbocycles. The van der Waals surface area contributed by atoms with Gasteiger partial charge in [0.15, 0.2) is 9.84 Å². The van der Waals surface area contributed by atoms with E-state index in [4.69, 9.17) is 5.11 Å². The van der Waals surface area contributed by atoms with Crippen molar-refractivity contribution in [3.63, 3.8) is 0 Å². The van der Waals surface area contributed by atoms with Crippen LogP contribution < -0.4 is 0 Å². The third-order valence-corrected chi connectivity index (χ3v) is 8.37. The molecule has 0 unspecified atom stereocenters. The lowest BCUT2D eigenvalue weighted by Crippen LogP contribution is -2.18. The molecule has 0 saturated carbocycles. The first-order valence-corrected chi connectivity index (χ1v) is 16.5. The van der Waals surface area contributed by atoms with Gasteiger partial charge in [0, 0.05) is 25.7 Å². The number of Topliss-reactive ketones (excluding diaryl/α,β-unsaturated/α-hetero) is 2. The van der Waals surface area contributed by atoms with Crippen molar-refractivity contribution in [2.24, 2.45) is 0 Å². The van der Waals surface area contributed by atoms with E-state index in [1.807, 2.05) is 0 Å². The molecule has 7 heteroatoms. The molecule has 0 aliphatic heterocycles. The van der Waals surface area contributed by atoms with E-state index < -0.39 is 15.8 Å². The van der Waals surface area contributed by atoms with Gasteiger partial charge in [-0.2, -0.15) is 0 Å². The van der Waals surface area contributed by atoms with Gasteiger partial charge in [-0.3, -0.25) is 14.4 Å². The Bertz CT molecular complexity index is 671. The molecule has 0 amide bonds. The molecule has 0 aromatic rings. The average molecular weight is 531 g/mol. The monoisotopic (exact) mass is 530 g/mol. The molecule has 0 radical (unpaired) electrons. The normalized spacial score (nSPS) is 11.6. The van der Waals surface area contributed by atoms with Crippen LogP contribution in [0.25, 0.3) is 0 Å². The van der Waals surface area contributed by atoms with Gasteiger partial charge in [0.2, 0.25) is 0 Å². The Balaban J connectivity index is 3.48. The third-order valence-electron chi connectivity index (χ3n) is 6.70. The molecule has 0 aliphatic rings. The van der Waals surface area contributed by atoms with Gasteiger partial charge in [0.05, 0.1) is 5.75 Å². The zero-order valence-corrected chi connectivity index (χ0v) is 23.9. The Labute approximate surface area is 221 Å². The van der Waals surface area contributed by atoms with Crippen molar-refractivity contribution in [1.29, 1.82) is 0 Å². The zero-order valence-electron chi connectivity index (χ0n) is 23.1. The molecule has 0 aromatic carbocycles. The fourth-order valence-corrected chi connectivity index (χ4v) is 5.85. The molecular weight excluding hydrogens is 476 g/mol. The maximum absolute atomic E-state index is 12.2. The van der Waals surface area contributed by atoms with Gasteiger partial charge >= 0.3 is 5.97 Å². The highest BCUT2D eigenvalue weighted by Gasteiger charge is 2.16. The number of hydrogen-bond donors (Lipinski definition) is 1. The van der Waals surface area contributed by atoms with Crippen LogP contribution in [0.1, 0.15) is 155 Å². The first-order valence-electron chi connectivity index (χ1n) is 14.7. The van der Waals surface area contributed by atoms with E-state index >= 15 is 0 Å². The van der Waals surface area contributed by atoms with Crippen LogP contribution in [-0.2, 0) is 24.2 Å². The number of unbranched alkanes of at least 4 members (excludes halogenated alkanes) is 16. The molecule has 0 aromatic heterocycles. The Morgan fingerprint density at radius 2 is 0.861 bits per heavy atom. The maximum atomic E-state index is 12.2. The molecule has 36 heavy (non-hydrogen) atoms. The van der Waals surface area contributed by atoms with E-state index in [2.05, 4.69) is 6.92 Å². The molecule has 6 nitrogen and oxygen atoms in total. The molecule has 0 bridgehead atoms. The lowest BCUT2D eigenvalue weighted by Gasteiger charge is -2.05. The van der Waals surface area contributed by atoms with Gasteiger partial charge in [-0.15, -0.1) is 0 Å². The summed E-state index contributed by atoms with van der Waals surface area (Å²) in [6.07, 6.45) is 21.5. The van der Waals surface area contributed by atoms with Crippen molar-refractivity contribution in [1.82, 2.24) is 0 Å². The minimum atomic E-state index is -3.33. The molecule has 0 atom stereocenters. The van der Waals surface area contributed by atoms with Gasteiger partial charge in [-0.1, -0.05) is 96.8 Å². The van der Waals surface area contributed by atoms with E-state index in [1.165, 1.54) is 51.4 Å². The Kier molecular flexibility index (Phi) is 23.3. The summed E-state index contributed by atoms with van der Waals surface area (Å²) >= 11 is 0. The summed E-state index contributed by atoms with van der Waals surface area (Å²) in [6.45, 7) is 2.06. The van der Waals surface area contributed by atoms with E-state index in [0.29, 0.717) is 32.1 Å². The van der Waals surface area contributed by atoms with Crippen molar-refractivity contribution in [3.05, 3.63) is 0 Å². The predicted molar refractivity (Wildman–Crippen MR) is 148 cm³/mol. The van der Waals surface area contributed by atoms with Gasteiger partial charge < -0.3 is 5.11 Å². The minimum Gasteiger partial charge on any atom is -0.481 e. The molecule has 0 saturated heterocycles. The topological polar surface area (TPSA) is 106 Å². The largest absolute Gasteiger partial charge is 0.481 e. The van der Waals surface area contributed by atoms with Crippen molar-refractivity contribution in [3.8, 4) is 0 Å². The number of carbonyl (C=O) groups excluding carboxylic acids is 2. The fraction of sp³-hybridized carbons (Fsp3) is 0.897. The molecule has 0 heterocycles. The molecule has 0 fully saturated rings. The standard InChI is InChI=1S/C29H54O6S/c1-2-3-21-27(30)22-18-16-20-25-36(34,35)26-28(31)23-17-14-12-10-8-6-4-5-7-9-11-13-15-19-24-29(32)33/h2-26H2,1H3,(H,32,33). The van der Waals surface area contributed by atoms with Crippen LogP contribution in [0.3, 0.4) is 0 Å². The van der Waals surface area contributed by atoms with Crippen molar-refractivity contribution in [2.75, 3.05) is 11.5 Å². The van der Waals surface area contributed by atoms with E-state index in [9.17, 15) is 22.8 Å². The van der Waals surface area contributed by atoms with E-state index in [0.717, 1.165) is 64.2 Å². The first kappa shape index (κ1) is 34.8. The highest BCUT2D eigenvalue weighted by Crippen LogP contribution is 2.14. The Morgan fingerprint density at radius 1 is 0.500 bits per heavy atom. The number of carbonyl (C=O) groups is 3. The minimum absolute atomic E-state index is 0.0503. The maximum Gasteiger partial charge on any atom is 0.303 e. The Morgan fingerprint density at radius 3 is 1.31 bits per heavy atom. The van der Waals surface area contributed by atoms with Crippen LogP contribution in [0, 0.1) is 0 Å². The van der Waals surface area contributed by atoms with E-state index in [-0.39, 0.29) is 23.1 Å². The summed E-state index contributed by atoms with van der Waals surface area (Å²) in [5.74, 6) is -0.865. The number of aliphatic carboxylic acids is 1. The van der Waals surface area contributed by atoms with Crippen LogP contribution in [0.2, 0.25) is 0 Å². The number of carboxylic acid groups (broad SMARTS) is 1. The summed E-state index contributed by atoms with van der Waals surface area (Å²) in [6, 6.07) is 0. The number of ketones is 2. The number of carboxylic acids is 1. The van der Waals surface area contributed by atoms with Crippen LogP contribution in [-0.4, -0.2) is 42.6 Å². The SMILES string of the molecule is CCCCC(=O)CCCCCS(=O)(=O)CC(=O)CCCCCCCCCCCCCCCCC(=O)O.